The lowest BCUT2D eigenvalue weighted by Crippen LogP contribution is -2.32. The van der Waals surface area contributed by atoms with E-state index in [0.717, 1.165) is 5.57 Å². The quantitative estimate of drug-likeness (QED) is 0.819. The summed E-state index contributed by atoms with van der Waals surface area (Å²) in [5.41, 5.74) is 1.35. The zero-order chi connectivity index (χ0) is 15.3. The van der Waals surface area contributed by atoms with E-state index >= 15 is 0 Å². The number of hydrogen-bond acceptors (Lipinski definition) is 3. The van der Waals surface area contributed by atoms with Crippen LogP contribution in [0.3, 0.4) is 0 Å². The maximum Gasteiger partial charge on any atom is 0.243 e. The smallest absolute Gasteiger partial charge is 0.243 e. The molecule has 1 rings (SSSR count). The van der Waals surface area contributed by atoms with Gasteiger partial charge in [-0.1, -0.05) is 19.1 Å². The van der Waals surface area contributed by atoms with Crippen molar-refractivity contribution in [3.05, 3.63) is 36.4 Å². The highest BCUT2D eigenvalue weighted by atomic mass is 32.2. The van der Waals surface area contributed by atoms with Crippen LogP contribution >= 0.6 is 0 Å². The number of carbonyl (C=O) groups excluding carboxylic acids is 1. The van der Waals surface area contributed by atoms with Crippen LogP contribution in [0.5, 0.6) is 0 Å². The van der Waals surface area contributed by atoms with Gasteiger partial charge in [-0.25, -0.2) is 8.42 Å². The van der Waals surface area contributed by atoms with Crippen LogP contribution in [0.15, 0.2) is 41.3 Å². The summed E-state index contributed by atoms with van der Waals surface area (Å²) >= 11 is 0. The summed E-state index contributed by atoms with van der Waals surface area (Å²) in [5.74, 6) is -0.196. The molecule has 20 heavy (non-hydrogen) atoms. The van der Waals surface area contributed by atoms with Crippen molar-refractivity contribution in [2.24, 2.45) is 0 Å². The van der Waals surface area contributed by atoms with Crippen molar-refractivity contribution in [3.63, 3.8) is 0 Å². The summed E-state index contributed by atoms with van der Waals surface area (Å²) in [6.07, 6.45) is 0. The Morgan fingerprint density at radius 2 is 1.80 bits per heavy atom. The first kappa shape index (κ1) is 16.4. The SMILES string of the molecule is C=C(C)CN(CC)S(=O)(=O)c1ccc(NC(C)=O)cc1. The molecular formula is C14H20N2O3S. The maximum absolute atomic E-state index is 12.4. The number of hydrogen-bond donors (Lipinski definition) is 1. The lowest BCUT2D eigenvalue weighted by atomic mass is 10.3. The summed E-state index contributed by atoms with van der Waals surface area (Å²) in [5, 5.41) is 2.60. The van der Waals surface area contributed by atoms with Crippen molar-refractivity contribution < 1.29 is 13.2 Å². The van der Waals surface area contributed by atoms with Gasteiger partial charge in [-0.15, -0.1) is 0 Å². The van der Waals surface area contributed by atoms with Crippen LogP contribution in [0.25, 0.3) is 0 Å². The van der Waals surface area contributed by atoms with E-state index in [2.05, 4.69) is 11.9 Å². The topological polar surface area (TPSA) is 66.5 Å². The Bertz CT molecular complexity index is 591. The van der Waals surface area contributed by atoms with E-state index in [0.29, 0.717) is 18.8 Å². The van der Waals surface area contributed by atoms with E-state index in [-0.39, 0.29) is 10.8 Å². The molecule has 0 saturated carbocycles. The molecule has 110 valence electrons. The number of likely N-dealkylation sites (N-methyl/N-ethyl adjacent to an activating group) is 1. The molecule has 0 radical (unpaired) electrons. The molecule has 0 aliphatic rings. The Hall–Kier alpha value is -1.66. The molecule has 1 aromatic rings. The third kappa shape index (κ3) is 4.18. The summed E-state index contributed by atoms with van der Waals surface area (Å²) in [6.45, 7) is 9.39. The van der Waals surface area contributed by atoms with E-state index in [4.69, 9.17) is 0 Å². The zero-order valence-corrected chi connectivity index (χ0v) is 12.8. The monoisotopic (exact) mass is 296 g/mol. The van der Waals surface area contributed by atoms with Crippen molar-refractivity contribution >= 4 is 21.6 Å². The minimum Gasteiger partial charge on any atom is -0.326 e. The third-order valence-corrected chi connectivity index (χ3v) is 4.55. The highest BCUT2D eigenvalue weighted by Gasteiger charge is 2.22. The van der Waals surface area contributed by atoms with Gasteiger partial charge >= 0.3 is 0 Å². The minimum atomic E-state index is -3.53. The number of anilines is 1. The highest BCUT2D eigenvalue weighted by Crippen LogP contribution is 2.19. The van der Waals surface area contributed by atoms with Gasteiger partial charge < -0.3 is 5.32 Å². The van der Waals surface area contributed by atoms with Gasteiger partial charge in [0.1, 0.15) is 0 Å². The summed E-state index contributed by atoms with van der Waals surface area (Å²) in [6, 6.07) is 6.12. The highest BCUT2D eigenvalue weighted by molar-refractivity contribution is 7.89. The molecule has 1 N–H and O–H groups in total. The Morgan fingerprint density at radius 3 is 2.20 bits per heavy atom. The molecule has 0 fully saturated rings. The van der Waals surface area contributed by atoms with Crippen molar-refractivity contribution in [2.45, 2.75) is 25.7 Å². The second-order valence-corrected chi connectivity index (χ2v) is 6.53. The molecule has 6 heteroatoms. The Balaban J connectivity index is 3.02. The predicted octanol–water partition coefficient (Wildman–Crippen LogP) is 2.23. The molecule has 5 nitrogen and oxygen atoms in total. The molecule has 0 saturated heterocycles. The van der Waals surface area contributed by atoms with Gasteiger partial charge in [0.15, 0.2) is 0 Å². The molecule has 0 heterocycles. The zero-order valence-electron chi connectivity index (χ0n) is 12.0. The largest absolute Gasteiger partial charge is 0.326 e. The number of rotatable bonds is 6. The lowest BCUT2D eigenvalue weighted by molar-refractivity contribution is -0.114. The van der Waals surface area contributed by atoms with Crippen LogP contribution in [-0.4, -0.2) is 31.7 Å². The number of nitrogens with zero attached hydrogens (tertiary/aromatic N) is 1. The second kappa shape index (κ2) is 6.67. The molecule has 1 aromatic carbocycles. The summed E-state index contributed by atoms with van der Waals surface area (Å²) in [4.78, 5) is 11.1. The normalized spacial score (nSPS) is 11.4. The van der Waals surface area contributed by atoms with Gasteiger partial charge in [-0.2, -0.15) is 4.31 Å². The van der Waals surface area contributed by atoms with Crippen LogP contribution in [0.1, 0.15) is 20.8 Å². The molecule has 1 amide bonds. The van der Waals surface area contributed by atoms with Crippen molar-refractivity contribution in [1.82, 2.24) is 4.31 Å². The van der Waals surface area contributed by atoms with Crippen molar-refractivity contribution in [1.29, 1.82) is 0 Å². The van der Waals surface area contributed by atoms with Crippen LogP contribution in [-0.2, 0) is 14.8 Å². The van der Waals surface area contributed by atoms with Gasteiger partial charge in [0.25, 0.3) is 0 Å². The number of amides is 1. The molecule has 0 aliphatic heterocycles. The number of nitrogens with one attached hydrogen (secondary N) is 1. The van der Waals surface area contributed by atoms with E-state index in [1.54, 1.807) is 26.0 Å². The van der Waals surface area contributed by atoms with Gasteiger partial charge in [0.05, 0.1) is 4.90 Å². The minimum absolute atomic E-state index is 0.196. The fourth-order valence-electron chi connectivity index (χ4n) is 1.73. The average Bonchev–Trinajstić information content (AvgIpc) is 2.35. The first-order chi connectivity index (χ1) is 9.27. The van der Waals surface area contributed by atoms with Crippen LogP contribution in [0.2, 0.25) is 0 Å². The Morgan fingerprint density at radius 1 is 1.25 bits per heavy atom. The van der Waals surface area contributed by atoms with Crippen molar-refractivity contribution in [3.8, 4) is 0 Å². The fraction of sp³-hybridized carbons (Fsp3) is 0.357. The van der Waals surface area contributed by atoms with Crippen LogP contribution < -0.4 is 5.32 Å². The van der Waals surface area contributed by atoms with Crippen LogP contribution in [0, 0.1) is 0 Å². The van der Waals surface area contributed by atoms with Gasteiger partial charge in [0, 0.05) is 25.7 Å². The van der Waals surface area contributed by atoms with Gasteiger partial charge in [-0.05, 0) is 31.2 Å². The molecule has 0 aromatic heterocycles. The van der Waals surface area contributed by atoms with E-state index in [1.165, 1.54) is 23.4 Å². The molecular weight excluding hydrogens is 276 g/mol. The molecule has 0 spiro atoms. The Labute approximate surface area is 120 Å². The first-order valence-electron chi connectivity index (χ1n) is 6.29. The number of carbonyl (C=O) groups is 1. The van der Waals surface area contributed by atoms with E-state index in [9.17, 15) is 13.2 Å². The molecule has 0 aliphatic carbocycles. The molecule has 0 unspecified atom stereocenters. The first-order valence-corrected chi connectivity index (χ1v) is 7.73. The van der Waals surface area contributed by atoms with Crippen LogP contribution in [0.4, 0.5) is 5.69 Å². The fourth-order valence-corrected chi connectivity index (χ4v) is 3.24. The number of benzene rings is 1. The molecule has 0 atom stereocenters. The standard InChI is InChI=1S/C14H20N2O3S/c1-5-16(10-11(2)3)20(18,19)14-8-6-13(7-9-14)15-12(4)17/h6-9H,2,5,10H2,1,3-4H3,(H,15,17). The van der Waals surface area contributed by atoms with Gasteiger partial charge in [0.2, 0.25) is 15.9 Å². The number of sulfonamides is 1. The lowest BCUT2D eigenvalue weighted by Gasteiger charge is -2.20. The van der Waals surface area contributed by atoms with Gasteiger partial charge in [-0.3, -0.25) is 4.79 Å². The Kier molecular flexibility index (Phi) is 5.47. The maximum atomic E-state index is 12.4. The summed E-state index contributed by atoms with van der Waals surface area (Å²) in [7, 11) is -3.53. The van der Waals surface area contributed by atoms with E-state index < -0.39 is 10.0 Å². The third-order valence-electron chi connectivity index (χ3n) is 2.61. The molecule has 0 bridgehead atoms. The second-order valence-electron chi connectivity index (χ2n) is 4.59. The van der Waals surface area contributed by atoms with Crippen molar-refractivity contribution in [2.75, 3.05) is 18.4 Å². The predicted molar refractivity (Wildman–Crippen MR) is 80.0 cm³/mol. The summed E-state index contributed by atoms with van der Waals surface area (Å²) < 4.78 is 26.2. The average molecular weight is 296 g/mol. The van der Waals surface area contributed by atoms with E-state index in [1.807, 2.05) is 0 Å².